The maximum Gasteiger partial charge on any atom is 0.255 e. The van der Waals surface area contributed by atoms with Crippen LogP contribution in [0.1, 0.15) is 23.2 Å². The molecular weight excluding hydrogens is 343 g/mol. The zero-order valence-corrected chi connectivity index (χ0v) is 14.3. The van der Waals surface area contributed by atoms with E-state index >= 15 is 0 Å². The summed E-state index contributed by atoms with van der Waals surface area (Å²) in [6.45, 7) is 0.873. The highest BCUT2D eigenvalue weighted by Gasteiger charge is 2.29. The third-order valence-electron chi connectivity index (χ3n) is 4.32. The van der Waals surface area contributed by atoms with Crippen molar-refractivity contribution in [2.24, 2.45) is 5.92 Å². The highest BCUT2D eigenvalue weighted by molar-refractivity contribution is 6.33. The second kappa shape index (κ2) is 7.66. The molecule has 1 aliphatic rings. The Balaban J connectivity index is 1.69. The van der Waals surface area contributed by atoms with Crippen molar-refractivity contribution in [1.82, 2.24) is 4.90 Å². The number of carbonyl (C=O) groups excluding carboxylic acids is 2. The standard InChI is InChI=1S/C19H18ClFN2O2/c20-15-8-2-1-7-14(15)19(25)23-11-5-6-13(12-23)18(24)22-17-10-4-3-9-16(17)21/h1-4,7-10,13H,5-6,11-12H2,(H,22,24)/t13-/m1/s1. The molecule has 2 amide bonds. The summed E-state index contributed by atoms with van der Waals surface area (Å²) in [5.41, 5.74) is 0.585. The van der Waals surface area contributed by atoms with Gasteiger partial charge in [-0.05, 0) is 37.1 Å². The van der Waals surface area contributed by atoms with Gasteiger partial charge in [0.05, 0.1) is 22.2 Å². The van der Waals surface area contributed by atoms with E-state index in [-0.39, 0.29) is 23.4 Å². The van der Waals surface area contributed by atoms with Crippen LogP contribution in [0.4, 0.5) is 10.1 Å². The Morgan fingerprint density at radius 2 is 1.84 bits per heavy atom. The molecule has 1 fully saturated rings. The highest BCUT2D eigenvalue weighted by Crippen LogP contribution is 2.23. The minimum absolute atomic E-state index is 0.155. The summed E-state index contributed by atoms with van der Waals surface area (Å²) in [4.78, 5) is 26.7. The van der Waals surface area contributed by atoms with Crippen LogP contribution >= 0.6 is 11.6 Å². The van der Waals surface area contributed by atoms with Crippen molar-refractivity contribution in [1.29, 1.82) is 0 Å². The molecule has 0 unspecified atom stereocenters. The summed E-state index contributed by atoms with van der Waals surface area (Å²) in [5, 5.41) is 3.01. The first-order chi connectivity index (χ1) is 12.1. The van der Waals surface area contributed by atoms with Gasteiger partial charge >= 0.3 is 0 Å². The number of halogens is 2. The molecule has 4 nitrogen and oxygen atoms in total. The molecule has 0 bridgehead atoms. The number of hydrogen-bond donors (Lipinski definition) is 1. The van der Waals surface area contributed by atoms with Crippen LogP contribution in [0, 0.1) is 11.7 Å². The molecule has 1 aliphatic heterocycles. The Bertz CT molecular complexity index is 796. The summed E-state index contributed by atoms with van der Waals surface area (Å²) in [7, 11) is 0. The van der Waals surface area contributed by atoms with Crippen molar-refractivity contribution in [2.75, 3.05) is 18.4 Å². The summed E-state index contributed by atoms with van der Waals surface area (Å²) >= 11 is 6.09. The predicted octanol–water partition coefficient (Wildman–Crippen LogP) is 3.97. The van der Waals surface area contributed by atoms with E-state index in [9.17, 15) is 14.0 Å². The zero-order chi connectivity index (χ0) is 17.8. The first kappa shape index (κ1) is 17.4. The van der Waals surface area contributed by atoms with Crippen molar-refractivity contribution in [3.05, 3.63) is 64.9 Å². The average molecular weight is 361 g/mol. The number of likely N-dealkylation sites (tertiary alicyclic amines) is 1. The van der Waals surface area contributed by atoms with Crippen LogP contribution in [0.3, 0.4) is 0 Å². The first-order valence-corrected chi connectivity index (χ1v) is 8.53. The predicted molar refractivity (Wildman–Crippen MR) is 95.1 cm³/mol. The topological polar surface area (TPSA) is 49.4 Å². The number of para-hydroxylation sites is 1. The molecular formula is C19H18ClFN2O2. The summed E-state index contributed by atoms with van der Waals surface area (Å²) < 4.78 is 13.7. The van der Waals surface area contributed by atoms with Crippen LogP contribution in [0.5, 0.6) is 0 Å². The van der Waals surface area contributed by atoms with Gasteiger partial charge in [-0.1, -0.05) is 35.9 Å². The Morgan fingerprint density at radius 3 is 2.60 bits per heavy atom. The van der Waals surface area contributed by atoms with E-state index in [0.717, 1.165) is 0 Å². The number of nitrogens with zero attached hydrogens (tertiary/aromatic N) is 1. The van der Waals surface area contributed by atoms with Crippen LogP contribution in [-0.4, -0.2) is 29.8 Å². The van der Waals surface area contributed by atoms with E-state index in [1.807, 2.05) is 0 Å². The molecule has 0 saturated carbocycles. The Hall–Kier alpha value is -2.40. The van der Waals surface area contributed by atoms with E-state index in [0.29, 0.717) is 36.5 Å². The number of piperidine rings is 1. The third-order valence-corrected chi connectivity index (χ3v) is 4.64. The van der Waals surface area contributed by atoms with Crippen LogP contribution in [0.25, 0.3) is 0 Å². The van der Waals surface area contributed by atoms with E-state index in [2.05, 4.69) is 5.32 Å². The molecule has 0 aromatic heterocycles. The maximum absolute atomic E-state index is 13.7. The molecule has 0 spiro atoms. The number of hydrogen-bond acceptors (Lipinski definition) is 2. The summed E-state index contributed by atoms with van der Waals surface area (Å²) in [5.74, 6) is -1.31. The molecule has 6 heteroatoms. The number of carbonyl (C=O) groups is 2. The van der Waals surface area contributed by atoms with Gasteiger partial charge in [0.15, 0.2) is 0 Å². The van der Waals surface area contributed by atoms with E-state index in [4.69, 9.17) is 11.6 Å². The molecule has 1 atom stereocenters. The van der Waals surface area contributed by atoms with E-state index < -0.39 is 5.82 Å². The summed E-state index contributed by atoms with van der Waals surface area (Å²) in [6.07, 6.45) is 1.37. The fourth-order valence-electron chi connectivity index (χ4n) is 2.98. The van der Waals surface area contributed by atoms with Crippen molar-refractivity contribution in [2.45, 2.75) is 12.8 Å². The van der Waals surface area contributed by atoms with Gasteiger partial charge in [0, 0.05) is 13.1 Å². The lowest BCUT2D eigenvalue weighted by Gasteiger charge is -2.32. The number of benzene rings is 2. The quantitative estimate of drug-likeness (QED) is 0.900. The Labute approximate surface area is 150 Å². The van der Waals surface area contributed by atoms with Gasteiger partial charge in [-0.3, -0.25) is 9.59 Å². The van der Waals surface area contributed by atoms with Gasteiger partial charge in [-0.25, -0.2) is 4.39 Å². The lowest BCUT2D eigenvalue weighted by atomic mass is 9.96. The van der Waals surface area contributed by atoms with Crippen molar-refractivity contribution in [3.63, 3.8) is 0 Å². The third kappa shape index (κ3) is 3.99. The largest absolute Gasteiger partial charge is 0.338 e. The van der Waals surface area contributed by atoms with Crippen LogP contribution in [-0.2, 0) is 4.79 Å². The fraction of sp³-hybridized carbons (Fsp3) is 0.263. The molecule has 2 aromatic carbocycles. The lowest BCUT2D eigenvalue weighted by molar-refractivity contribution is -0.121. The molecule has 2 aromatic rings. The highest BCUT2D eigenvalue weighted by atomic mass is 35.5. The van der Waals surface area contributed by atoms with Crippen molar-refractivity contribution < 1.29 is 14.0 Å². The molecule has 0 aliphatic carbocycles. The van der Waals surface area contributed by atoms with Crippen molar-refractivity contribution >= 4 is 29.1 Å². The van der Waals surface area contributed by atoms with Crippen LogP contribution in [0.2, 0.25) is 5.02 Å². The summed E-state index contributed by atoms with van der Waals surface area (Å²) in [6, 6.07) is 12.9. The van der Waals surface area contributed by atoms with Crippen molar-refractivity contribution in [3.8, 4) is 0 Å². The second-order valence-electron chi connectivity index (χ2n) is 6.04. The lowest BCUT2D eigenvalue weighted by Crippen LogP contribution is -2.43. The minimum atomic E-state index is -0.476. The fourth-order valence-corrected chi connectivity index (χ4v) is 3.19. The number of anilines is 1. The number of nitrogens with one attached hydrogen (secondary N) is 1. The van der Waals surface area contributed by atoms with Gasteiger partial charge in [0.2, 0.25) is 5.91 Å². The normalized spacial score (nSPS) is 17.2. The SMILES string of the molecule is O=C(Nc1ccccc1F)[C@@H]1CCCN(C(=O)c2ccccc2Cl)C1. The van der Waals surface area contributed by atoms with Crippen LogP contribution in [0.15, 0.2) is 48.5 Å². The molecule has 1 saturated heterocycles. The second-order valence-corrected chi connectivity index (χ2v) is 6.45. The molecule has 25 heavy (non-hydrogen) atoms. The molecule has 0 radical (unpaired) electrons. The van der Waals surface area contributed by atoms with Gasteiger partial charge in [0.1, 0.15) is 5.82 Å². The molecule has 1 N–H and O–H groups in total. The first-order valence-electron chi connectivity index (χ1n) is 8.15. The number of amides is 2. The van der Waals surface area contributed by atoms with Gasteiger partial charge in [-0.2, -0.15) is 0 Å². The zero-order valence-electron chi connectivity index (χ0n) is 13.5. The van der Waals surface area contributed by atoms with Gasteiger partial charge in [0.25, 0.3) is 5.91 Å². The Morgan fingerprint density at radius 1 is 1.12 bits per heavy atom. The smallest absolute Gasteiger partial charge is 0.255 e. The molecule has 1 heterocycles. The molecule has 130 valence electrons. The van der Waals surface area contributed by atoms with E-state index in [1.54, 1.807) is 41.3 Å². The van der Waals surface area contributed by atoms with Gasteiger partial charge in [-0.15, -0.1) is 0 Å². The average Bonchev–Trinajstić information content (AvgIpc) is 2.63. The maximum atomic E-state index is 13.7. The van der Waals surface area contributed by atoms with Gasteiger partial charge < -0.3 is 10.2 Å². The Kier molecular flexibility index (Phi) is 5.34. The van der Waals surface area contributed by atoms with E-state index in [1.165, 1.54) is 12.1 Å². The minimum Gasteiger partial charge on any atom is -0.338 e. The molecule has 3 rings (SSSR count). The monoisotopic (exact) mass is 360 g/mol. The number of rotatable bonds is 3. The van der Waals surface area contributed by atoms with Crippen LogP contribution < -0.4 is 5.32 Å².